The Morgan fingerprint density at radius 1 is 0.622 bits per heavy atom. The van der Waals surface area contributed by atoms with E-state index in [4.69, 9.17) is 9.47 Å². The zero-order chi connectivity index (χ0) is 26.3. The van der Waals surface area contributed by atoms with Gasteiger partial charge in [0.25, 0.3) is 0 Å². The third-order valence-electron chi connectivity index (χ3n) is 6.11. The number of aryl methyl sites for hydroxylation is 2. The number of carbonyl (C=O) groups excluding carboxylic acids is 2. The van der Waals surface area contributed by atoms with Gasteiger partial charge in [0, 0.05) is 0 Å². The second-order valence-corrected chi connectivity index (χ2v) is 9.04. The van der Waals surface area contributed by atoms with Crippen LogP contribution in [-0.4, -0.2) is 12.2 Å². The van der Waals surface area contributed by atoms with Crippen molar-refractivity contribution in [3.63, 3.8) is 0 Å². The van der Waals surface area contributed by atoms with Gasteiger partial charge in [-0.25, -0.2) is 9.59 Å². The quantitative estimate of drug-likeness (QED) is 0.185. The third kappa shape index (κ3) is 9.30. The molecular formula is C31H38N2O4. The van der Waals surface area contributed by atoms with Crippen molar-refractivity contribution in [2.75, 3.05) is 0 Å². The topological polar surface area (TPSA) is 76.7 Å². The lowest BCUT2D eigenvalue weighted by Gasteiger charge is -2.21. The lowest BCUT2D eigenvalue weighted by atomic mass is 10.1. The molecule has 0 aliphatic rings. The van der Waals surface area contributed by atoms with Gasteiger partial charge in [-0.3, -0.25) is 10.6 Å². The Balaban J connectivity index is 1.68. The van der Waals surface area contributed by atoms with Gasteiger partial charge in [0.2, 0.25) is 0 Å². The van der Waals surface area contributed by atoms with Gasteiger partial charge in [-0.1, -0.05) is 106 Å². The number of hydrogen-bond acceptors (Lipinski definition) is 4. The largest absolute Gasteiger partial charge is 0.414 e. The summed E-state index contributed by atoms with van der Waals surface area (Å²) in [4.78, 5) is 25.8. The fourth-order valence-corrected chi connectivity index (χ4v) is 4.09. The fraction of sp³-hybridized carbons (Fsp3) is 0.355. The highest BCUT2D eigenvalue weighted by Crippen LogP contribution is 2.23. The first kappa shape index (κ1) is 27.8. The minimum absolute atomic E-state index is 0.520. The van der Waals surface area contributed by atoms with E-state index in [0.29, 0.717) is 17.1 Å². The molecule has 196 valence electrons. The highest BCUT2D eigenvalue weighted by molar-refractivity contribution is 5.74. The van der Waals surface area contributed by atoms with Crippen LogP contribution in [0.5, 0.6) is 11.5 Å². The normalized spacial score (nSPS) is 10.7. The molecule has 0 fully saturated rings. The minimum Gasteiger partial charge on any atom is -0.410 e. The van der Waals surface area contributed by atoms with Crippen molar-refractivity contribution in [1.29, 1.82) is 0 Å². The van der Waals surface area contributed by atoms with Gasteiger partial charge in [-0.05, 0) is 54.5 Å². The summed E-state index contributed by atoms with van der Waals surface area (Å²) in [6, 6.07) is 24.3. The molecule has 6 heteroatoms. The van der Waals surface area contributed by atoms with E-state index in [1.807, 2.05) is 66.7 Å². The smallest absolute Gasteiger partial charge is 0.410 e. The molecule has 0 aromatic heterocycles. The molecule has 37 heavy (non-hydrogen) atoms. The van der Waals surface area contributed by atoms with Crippen molar-refractivity contribution in [2.24, 2.45) is 0 Å². The molecule has 3 aromatic carbocycles. The number of benzene rings is 3. The Kier molecular flexibility index (Phi) is 11.5. The number of unbranched alkanes of at least 4 members (excludes halogenated alkanes) is 4. The minimum atomic E-state index is -0.833. The Bertz CT molecular complexity index is 1050. The fourth-order valence-electron chi connectivity index (χ4n) is 4.09. The van der Waals surface area contributed by atoms with Crippen LogP contribution in [0.3, 0.4) is 0 Å². The maximum Gasteiger partial charge on any atom is 0.414 e. The van der Waals surface area contributed by atoms with Crippen LogP contribution in [0.2, 0.25) is 0 Å². The molecule has 2 N–H and O–H groups in total. The number of rotatable bonds is 13. The summed E-state index contributed by atoms with van der Waals surface area (Å²) in [7, 11) is 0. The number of amides is 2. The van der Waals surface area contributed by atoms with E-state index in [2.05, 4.69) is 24.5 Å². The Morgan fingerprint density at radius 3 is 1.51 bits per heavy atom. The maximum absolute atomic E-state index is 12.9. The first-order chi connectivity index (χ1) is 18.1. The summed E-state index contributed by atoms with van der Waals surface area (Å²) < 4.78 is 11.3. The molecule has 0 atom stereocenters. The van der Waals surface area contributed by atoms with Crippen LogP contribution in [0.25, 0.3) is 0 Å². The highest BCUT2D eigenvalue weighted by atomic mass is 16.6. The summed E-state index contributed by atoms with van der Waals surface area (Å²) in [5.41, 5.74) is 2.66. The maximum atomic E-state index is 12.9. The predicted molar refractivity (Wildman–Crippen MR) is 147 cm³/mol. The average Bonchev–Trinajstić information content (AvgIpc) is 2.91. The molecule has 3 aromatic rings. The monoisotopic (exact) mass is 502 g/mol. The van der Waals surface area contributed by atoms with Gasteiger partial charge in [0.05, 0.1) is 0 Å². The van der Waals surface area contributed by atoms with E-state index in [1.165, 1.54) is 0 Å². The Hall–Kier alpha value is -3.80. The van der Waals surface area contributed by atoms with Crippen LogP contribution in [0, 0.1) is 0 Å². The standard InChI is InChI=1S/C31H38N2O4/c1-3-5-8-16-24-18-12-14-22-27(24)36-30(34)32-29(26-20-10-7-11-21-26)33-31(35)37-28-23-15-13-19-25(28)17-9-6-4-2/h7,10-15,18-23,29H,3-6,8-9,16-17H2,1-2H3,(H,32,34)(H,33,35). The average molecular weight is 503 g/mol. The highest BCUT2D eigenvalue weighted by Gasteiger charge is 2.20. The third-order valence-corrected chi connectivity index (χ3v) is 6.11. The molecule has 0 saturated carbocycles. The van der Waals surface area contributed by atoms with Crippen LogP contribution < -0.4 is 20.1 Å². The van der Waals surface area contributed by atoms with Gasteiger partial charge in [-0.2, -0.15) is 0 Å². The van der Waals surface area contributed by atoms with Crippen molar-refractivity contribution in [3.05, 3.63) is 95.6 Å². The van der Waals surface area contributed by atoms with Crippen LogP contribution in [0.1, 0.15) is 75.2 Å². The predicted octanol–water partition coefficient (Wildman–Crippen LogP) is 7.73. The molecule has 3 rings (SSSR count). The summed E-state index contributed by atoms with van der Waals surface area (Å²) in [6.07, 6.45) is 6.05. The number of hydrogen-bond donors (Lipinski definition) is 2. The second kappa shape index (κ2) is 15.3. The molecule has 0 bridgehead atoms. The summed E-state index contributed by atoms with van der Waals surface area (Å²) in [6.45, 7) is 4.31. The van der Waals surface area contributed by atoms with Crippen LogP contribution >= 0.6 is 0 Å². The zero-order valence-corrected chi connectivity index (χ0v) is 21.9. The first-order valence-corrected chi connectivity index (χ1v) is 13.3. The first-order valence-electron chi connectivity index (χ1n) is 13.3. The number of carbonyl (C=O) groups is 2. The van der Waals surface area contributed by atoms with E-state index < -0.39 is 18.4 Å². The molecule has 0 radical (unpaired) electrons. The van der Waals surface area contributed by atoms with Crippen molar-refractivity contribution >= 4 is 12.2 Å². The second-order valence-electron chi connectivity index (χ2n) is 9.04. The van der Waals surface area contributed by atoms with E-state index in [9.17, 15) is 9.59 Å². The SMILES string of the molecule is CCCCCc1ccccc1OC(=O)NC(NC(=O)Oc1ccccc1CCCCC)c1ccccc1. The van der Waals surface area contributed by atoms with E-state index in [0.717, 1.165) is 62.5 Å². The van der Waals surface area contributed by atoms with Gasteiger partial charge in [0.1, 0.15) is 17.7 Å². The van der Waals surface area contributed by atoms with Gasteiger partial charge >= 0.3 is 12.2 Å². The van der Waals surface area contributed by atoms with Crippen LogP contribution in [-0.2, 0) is 12.8 Å². The Morgan fingerprint density at radius 2 is 1.05 bits per heavy atom. The molecule has 2 amide bonds. The van der Waals surface area contributed by atoms with Gasteiger partial charge in [-0.15, -0.1) is 0 Å². The van der Waals surface area contributed by atoms with Crippen LogP contribution in [0.15, 0.2) is 78.9 Å². The molecule has 0 aliphatic heterocycles. The summed E-state index contributed by atoms with van der Waals surface area (Å²) >= 11 is 0. The molecule has 6 nitrogen and oxygen atoms in total. The number of ether oxygens (including phenoxy) is 2. The molecule has 0 heterocycles. The molecule has 0 saturated heterocycles. The van der Waals surface area contributed by atoms with Gasteiger partial charge < -0.3 is 9.47 Å². The van der Waals surface area contributed by atoms with E-state index >= 15 is 0 Å². The van der Waals surface area contributed by atoms with E-state index in [-0.39, 0.29) is 0 Å². The van der Waals surface area contributed by atoms with E-state index in [1.54, 1.807) is 12.1 Å². The summed E-state index contributed by atoms with van der Waals surface area (Å²) in [5, 5.41) is 5.55. The van der Waals surface area contributed by atoms with Crippen molar-refractivity contribution in [3.8, 4) is 11.5 Å². The molecule has 0 spiro atoms. The van der Waals surface area contributed by atoms with Crippen molar-refractivity contribution in [1.82, 2.24) is 10.6 Å². The molecular weight excluding hydrogens is 464 g/mol. The number of nitrogens with one attached hydrogen (secondary N) is 2. The van der Waals surface area contributed by atoms with Crippen LogP contribution in [0.4, 0.5) is 9.59 Å². The van der Waals surface area contributed by atoms with Crippen molar-refractivity contribution < 1.29 is 19.1 Å². The number of para-hydroxylation sites is 2. The lowest BCUT2D eigenvalue weighted by Crippen LogP contribution is -2.43. The van der Waals surface area contributed by atoms with Gasteiger partial charge in [0.15, 0.2) is 0 Å². The van der Waals surface area contributed by atoms with Crippen molar-refractivity contribution in [2.45, 2.75) is 71.4 Å². The lowest BCUT2D eigenvalue weighted by molar-refractivity contribution is 0.182. The zero-order valence-electron chi connectivity index (χ0n) is 21.9. The Labute approximate surface area is 220 Å². The molecule has 0 unspecified atom stereocenters. The molecule has 0 aliphatic carbocycles. The summed E-state index contributed by atoms with van der Waals surface area (Å²) in [5.74, 6) is 1.04.